The second-order valence-corrected chi connectivity index (χ2v) is 6.80. The van der Waals surface area contributed by atoms with Crippen LogP contribution in [-0.2, 0) is 12.8 Å². The number of aryl methyl sites for hydroxylation is 2. The van der Waals surface area contributed by atoms with E-state index < -0.39 is 0 Å². The van der Waals surface area contributed by atoms with Gasteiger partial charge in [0.25, 0.3) is 0 Å². The minimum atomic E-state index is 0.900. The summed E-state index contributed by atoms with van der Waals surface area (Å²) < 4.78 is 0. The van der Waals surface area contributed by atoms with Gasteiger partial charge in [-0.3, -0.25) is 0 Å². The van der Waals surface area contributed by atoms with Crippen LogP contribution in [0, 0.1) is 5.92 Å². The molecular weight excluding hydrogens is 254 g/mol. The minimum Gasteiger partial charge on any atom is -0.356 e. The average Bonchev–Trinajstić information content (AvgIpc) is 3.00. The highest BCUT2D eigenvalue weighted by molar-refractivity contribution is 7.19. The number of rotatable bonds is 4. The van der Waals surface area contributed by atoms with E-state index in [2.05, 4.69) is 21.8 Å². The molecule has 19 heavy (non-hydrogen) atoms. The van der Waals surface area contributed by atoms with Gasteiger partial charge < -0.3 is 4.90 Å². The Morgan fingerprint density at radius 1 is 1.32 bits per heavy atom. The molecule has 100 valence electrons. The number of thiophene rings is 1. The monoisotopic (exact) mass is 273 g/mol. The van der Waals surface area contributed by atoms with Gasteiger partial charge in [-0.15, -0.1) is 11.3 Å². The summed E-state index contributed by atoms with van der Waals surface area (Å²) in [6.07, 6.45) is 8.30. The van der Waals surface area contributed by atoms with Crippen LogP contribution < -0.4 is 4.90 Å². The molecule has 0 atom stereocenters. The average molecular weight is 273 g/mol. The summed E-state index contributed by atoms with van der Waals surface area (Å²) in [6.45, 7) is 4.46. The summed E-state index contributed by atoms with van der Waals surface area (Å²) in [7, 11) is 0. The fourth-order valence-corrected chi connectivity index (χ4v) is 4.35. The molecular formula is C15H19N3S. The topological polar surface area (TPSA) is 29.0 Å². The lowest BCUT2D eigenvalue weighted by molar-refractivity contribution is 0.734. The van der Waals surface area contributed by atoms with E-state index in [-0.39, 0.29) is 0 Å². The lowest BCUT2D eigenvalue weighted by Gasteiger charge is -2.22. The van der Waals surface area contributed by atoms with E-state index in [1.807, 2.05) is 11.3 Å². The Balaban J connectivity index is 1.83. The molecule has 2 aliphatic carbocycles. The summed E-state index contributed by atoms with van der Waals surface area (Å²) in [6, 6.07) is 0. The Morgan fingerprint density at radius 3 is 3.00 bits per heavy atom. The Kier molecular flexibility index (Phi) is 2.72. The van der Waals surface area contributed by atoms with E-state index >= 15 is 0 Å². The molecule has 0 aliphatic heterocycles. The largest absolute Gasteiger partial charge is 0.356 e. The van der Waals surface area contributed by atoms with Gasteiger partial charge in [0.15, 0.2) is 0 Å². The molecule has 0 spiro atoms. The normalized spacial score (nSPS) is 17.9. The number of hydrogen-bond donors (Lipinski definition) is 0. The summed E-state index contributed by atoms with van der Waals surface area (Å²) >= 11 is 1.89. The molecule has 0 aromatic carbocycles. The van der Waals surface area contributed by atoms with Crippen molar-refractivity contribution in [2.75, 3.05) is 18.0 Å². The van der Waals surface area contributed by atoms with Gasteiger partial charge in [-0.25, -0.2) is 9.97 Å². The standard InChI is InChI=1S/C15H19N3S/c1-2-18(8-10-6-7-10)14-13-11-4-3-5-12(11)19-15(13)17-9-16-14/h9-10H,2-8H2,1H3. The van der Waals surface area contributed by atoms with Gasteiger partial charge in [-0.1, -0.05) is 0 Å². The van der Waals surface area contributed by atoms with Gasteiger partial charge >= 0.3 is 0 Å². The lowest BCUT2D eigenvalue weighted by atomic mass is 10.2. The van der Waals surface area contributed by atoms with Crippen molar-refractivity contribution >= 4 is 27.4 Å². The van der Waals surface area contributed by atoms with Crippen LogP contribution in [0.25, 0.3) is 10.2 Å². The smallest absolute Gasteiger partial charge is 0.141 e. The first-order valence-electron chi connectivity index (χ1n) is 7.37. The molecule has 2 aliphatic rings. The fourth-order valence-electron chi connectivity index (χ4n) is 3.13. The minimum absolute atomic E-state index is 0.900. The van der Waals surface area contributed by atoms with E-state index in [0.717, 1.165) is 12.5 Å². The van der Waals surface area contributed by atoms with Crippen molar-refractivity contribution in [2.45, 2.75) is 39.0 Å². The molecule has 0 radical (unpaired) electrons. The van der Waals surface area contributed by atoms with E-state index in [1.54, 1.807) is 16.8 Å². The highest BCUT2D eigenvalue weighted by atomic mass is 32.1. The van der Waals surface area contributed by atoms with E-state index in [4.69, 9.17) is 0 Å². The first-order valence-corrected chi connectivity index (χ1v) is 8.18. The van der Waals surface area contributed by atoms with Crippen molar-refractivity contribution in [3.8, 4) is 0 Å². The van der Waals surface area contributed by atoms with Gasteiger partial charge in [0, 0.05) is 18.0 Å². The maximum absolute atomic E-state index is 4.63. The zero-order valence-electron chi connectivity index (χ0n) is 11.4. The van der Waals surface area contributed by atoms with Gasteiger partial charge in [-0.05, 0) is 50.5 Å². The molecule has 2 aromatic heterocycles. The number of nitrogens with zero attached hydrogens (tertiary/aromatic N) is 3. The third kappa shape index (κ3) is 1.93. The second-order valence-electron chi connectivity index (χ2n) is 5.72. The molecule has 4 rings (SSSR count). The predicted molar refractivity (Wildman–Crippen MR) is 80.1 cm³/mol. The van der Waals surface area contributed by atoms with Crippen molar-refractivity contribution in [3.05, 3.63) is 16.8 Å². The number of fused-ring (bicyclic) bond motifs is 3. The van der Waals surface area contributed by atoms with E-state index in [0.29, 0.717) is 0 Å². The summed E-state index contributed by atoms with van der Waals surface area (Å²) in [5, 5.41) is 1.36. The molecule has 2 heterocycles. The first kappa shape index (κ1) is 11.6. The third-order valence-corrected chi connectivity index (χ3v) is 5.54. The zero-order chi connectivity index (χ0) is 12.8. The quantitative estimate of drug-likeness (QED) is 0.854. The van der Waals surface area contributed by atoms with Crippen LogP contribution in [0.3, 0.4) is 0 Å². The molecule has 1 saturated carbocycles. The van der Waals surface area contributed by atoms with Crippen molar-refractivity contribution in [1.82, 2.24) is 9.97 Å². The zero-order valence-corrected chi connectivity index (χ0v) is 12.2. The Labute approximate surface area is 117 Å². The van der Waals surface area contributed by atoms with Crippen LogP contribution in [-0.4, -0.2) is 23.1 Å². The summed E-state index contributed by atoms with van der Waals surface area (Å²) in [5.74, 6) is 2.09. The maximum Gasteiger partial charge on any atom is 0.141 e. The highest BCUT2D eigenvalue weighted by Crippen LogP contribution is 2.41. The van der Waals surface area contributed by atoms with Crippen LogP contribution in [0.2, 0.25) is 0 Å². The number of aromatic nitrogens is 2. The Hall–Kier alpha value is -1.16. The van der Waals surface area contributed by atoms with E-state index in [9.17, 15) is 0 Å². The number of anilines is 1. The van der Waals surface area contributed by atoms with Crippen LogP contribution in [0.4, 0.5) is 5.82 Å². The Morgan fingerprint density at radius 2 is 2.21 bits per heavy atom. The molecule has 0 saturated heterocycles. The molecule has 0 N–H and O–H groups in total. The van der Waals surface area contributed by atoms with Crippen LogP contribution in [0.15, 0.2) is 6.33 Å². The van der Waals surface area contributed by atoms with Crippen LogP contribution >= 0.6 is 11.3 Å². The van der Waals surface area contributed by atoms with Crippen molar-refractivity contribution in [1.29, 1.82) is 0 Å². The van der Waals surface area contributed by atoms with Gasteiger partial charge in [0.05, 0.1) is 5.39 Å². The first-order chi connectivity index (χ1) is 9.36. The summed E-state index contributed by atoms with van der Waals surface area (Å²) in [4.78, 5) is 14.3. The third-order valence-electron chi connectivity index (χ3n) is 4.34. The molecule has 0 amide bonds. The fraction of sp³-hybridized carbons (Fsp3) is 0.600. The summed E-state index contributed by atoms with van der Waals surface area (Å²) in [5.41, 5.74) is 1.55. The van der Waals surface area contributed by atoms with Gasteiger partial charge in [0.1, 0.15) is 17.0 Å². The van der Waals surface area contributed by atoms with Gasteiger partial charge in [-0.2, -0.15) is 0 Å². The second kappa shape index (κ2) is 4.44. The van der Waals surface area contributed by atoms with Crippen molar-refractivity contribution < 1.29 is 0 Å². The predicted octanol–water partition coefficient (Wildman–Crippen LogP) is 3.42. The molecule has 2 aromatic rings. The van der Waals surface area contributed by atoms with Gasteiger partial charge in [0.2, 0.25) is 0 Å². The van der Waals surface area contributed by atoms with E-state index in [1.165, 1.54) is 54.7 Å². The van der Waals surface area contributed by atoms with Crippen LogP contribution in [0.1, 0.15) is 36.6 Å². The molecule has 0 bridgehead atoms. The molecule has 4 heteroatoms. The maximum atomic E-state index is 4.63. The van der Waals surface area contributed by atoms with Crippen molar-refractivity contribution in [3.63, 3.8) is 0 Å². The molecule has 3 nitrogen and oxygen atoms in total. The molecule has 1 fully saturated rings. The van der Waals surface area contributed by atoms with Crippen LogP contribution in [0.5, 0.6) is 0 Å². The number of hydrogen-bond acceptors (Lipinski definition) is 4. The highest BCUT2D eigenvalue weighted by Gasteiger charge is 2.27. The molecule has 0 unspecified atom stereocenters. The van der Waals surface area contributed by atoms with Crippen molar-refractivity contribution in [2.24, 2.45) is 5.92 Å². The Bertz CT molecular complexity index is 615. The lowest BCUT2D eigenvalue weighted by Crippen LogP contribution is -2.26. The SMILES string of the molecule is CCN(CC1CC1)c1ncnc2sc3c(c12)CCC3.